The molecule has 0 N–H and O–H groups in total. The van der Waals surface area contributed by atoms with Gasteiger partial charge >= 0.3 is 0 Å². The van der Waals surface area contributed by atoms with E-state index in [0.717, 1.165) is 67.9 Å². The highest BCUT2D eigenvalue weighted by atomic mass is 35.5. The third kappa shape index (κ3) is 3.53. The summed E-state index contributed by atoms with van der Waals surface area (Å²) in [6.07, 6.45) is 0. The van der Waals surface area contributed by atoms with Crippen LogP contribution in [0.4, 0.5) is 0 Å². The Morgan fingerprint density at radius 1 is 0.550 bits per heavy atom. The lowest BCUT2D eigenvalue weighted by atomic mass is 9.99. The summed E-state index contributed by atoms with van der Waals surface area (Å²) in [5.74, 6) is 1.49. The fourth-order valence-corrected chi connectivity index (χ4v) is 5.73. The topological polar surface area (TPSA) is 79.9 Å². The van der Waals surface area contributed by atoms with Gasteiger partial charge in [-0.1, -0.05) is 70.0 Å². The second-order valence-electron chi connectivity index (χ2n) is 9.49. The van der Waals surface area contributed by atoms with Crippen LogP contribution in [0.1, 0.15) is 11.4 Å². The molecule has 194 valence electrons. The van der Waals surface area contributed by atoms with Crippen LogP contribution in [0.2, 0.25) is 10.0 Å². The molecule has 0 radical (unpaired) electrons. The summed E-state index contributed by atoms with van der Waals surface area (Å²) in [6, 6.07) is 27.3. The first-order valence-electron chi connectivity index (χ1n) is 12.6. The van der Waals surface area contributed by atoms with Crippen LogP contribution >= 0.6 is 23.2 Å². The summed E-state index contributed by atoms with van der Waals surface area (Å²) >= 11 is 12.8. The zero-order valence-corrected chi connectivity index (χ0v) is 22.3. The van der Waals surface area contributed by atoms with Crippen LogP contribution in [0.25, 0.3) is 45.0 Å². The van der Waals surface area contributed by atoms with Gasteiger partial charge in [0.05, 0.1) is 11.4 Å². The molecule has 0 amide bonds. The highest BCUT2D eigenvalue weighted by Crippen LogP contribution is 2.43. The van der Waals surface area contributed by atoms with Crippen molar-refractivity contribution in [3.8, 4) is 56.5 Å². The lowest BCUT2D eigenvalue weighted by Gasteiger charge is -2.21. The zero-order valence-electron chi connectivity index (χ0n) is 20.8. The van der Waals surface area contributed by atoms with E-state index in [4.69, 9.17) is 32.7 Å². The SMILES string of the molecule is Clc1ccc2c(c1)-c1c(nnn1-c1ccccc1-c1ccccc1-n1nnc3c1-c1cc(Cl)ccc1OC3)CO2. The number of hydrogen-bond acceptors (Lipinski definition) is 6. The molecule has 6 aromatic rings. The van der Waals surface area contributed by atoms with E-state index in [1.807, 2.05) is 82.2 Å². The highest BCUT2D eigenvalue weighted by Gasteiger charge is 2.28. The quantitative estimate of drug-likeness (QED) is 0.231. The van der Waals surface area contributed by atoms with Crippen molar-refractivity contribution < 1.29 is 9.47 Å². The van der Waals surface area contributed by atoms with E-state index >= 15 is 0 Å². The van der Waals surface area contributed by atoms with E-state index < -0.39 is 0 Å². The fourth-order valence-electron chi connectivity index (χ4n) is 5.39. The number of hydrogen-bond donors (Lipinski definition) is 0. The van der Waals surface area contributed by atoms with E-state index in [-0.39, 0.29) is 0 Å². The predicted octanol–water partition coefficient (Wildman–Crippen LogP) is 6.94. The smallest absolute Gasteiger partial charge is 0.134 e. The largest absolute Gasteiger partial charge is 0.486 e. The Bertz CT molecular complexity index is 1820. The molecule has 2 aliphatic rings. The molecule has 40 heavy (non-hydrogen) atoms. The molecule has 4 heterocycles. The molecule has 0 bridgehead atoms. The van der Waals surface area contributed by atoms with E-state index in [0.29, 0.717) is 23.3 Å². The summed E-state index contributed by atoms with van der Waals surface area (Å²) < 4.78 is 15.5. The number of aromatic nitrogens is 6. The van der Waals surface area contributed by atoms with Crippen LogP contribution in [-0.2, 0) is 13.2 Å². The van der Waals surface area contributed by atoms with Crippen LogP contribution in [0.5, 0.6) is 11.5 Å². The Morgan fingerprint density at radius 3 is 1.48 bits per heavy atom. The maximum atomic E-state index is 6.38. The number of benzene rings is 4. The van der Waals surface area contributed by atoms with Gasteiger partial charge in [0.1, 0.15) is 47.5 Å². The molecular weight excluding hydrogens is 547 g/mol. The second-order valence-corrected chi connectivity index (χ2v) is 10.4. The van der Waals surface area contributed by atoms with Crippen molar-refractivity contribution in [2.24, 2.45) is 0 Å². The van der Waals surface area contributed by atoms with Gasteiger partial charge < -0.3 is 9.47 Å². The number of para-hydroxylation sites is 2. The van der Waals surface area contributed by atoms with Crippen LogP contribution < -0.4 is 9.47 Å². The van der Waals surface area contributed by atoms with Gasteiger partial charge in [0, 0.05) is 32.3 Å². The summed E-state index contributed by atoms with van der Waals surface area (Å²) in [7, 11) is 0. The van der Waals surface area contributed by atoms with Crippen LogP contribution in [0, 0.1) is 0 Å². The fraction of sp³-hybridized carbons (Fsp3) is 0.0667. The minimum atomic E-state index is 0.331. The van der Waals surface area contributed by atoms with E-state index in [1.54, 1.807) is 0 Å². The molecule has 2 aliphatic heterocycles. The Labute approximate surface area is 238 Å². The number of ether oxygens (including phenoxy) is 2. The molecule has 0 fully saturated rings. The summed E-state index contributed by atoms with van der Waals surface area (Å²) in [6.45, 7) is 0.662. The van der Waals surface area contributed by atoms with Crippen molar-refractivity contribution in [2.45, 2.75) is 13.2 Å². The van der Waals surface area contributed by atoms with Gasteiger partial charge in [-0.3, -0.25) is 0 Å². The molecule has 0 unspecified atom stereocenters. The first-order valence-corrected chi connectivity index (χ1v) is 13.3. The Morgan fingerprint density at radius 2 is 1.00 bits per heavy atom. The van der Waals surface area contributed by atoms with Gasteiger partial charge in [-0.25, -0.2) is 9.36 Å². The van der Waals surface area contributed by atoms with Gasteiger partial charge in [0.25, 0.3) is 0 Å². The van der Waals surface area contributed by atoms with Crippen molar-refractivity contribution in [1.82, 2.24) is 30.0 Å². The molecule has 0 aliphatic carbocycles. The number of halogens is 2. The normalized spacial score (nSPS) is 12.9. The molecular formula is C30H18Cl2N6O2. The molecule has 4 aromatic carbocycles. The van der Waals surface area contributed by atoms with E-state index in [1.165, 1.54) is 0 Å². The Hall–Kier alpha value is -4.66. The Kier molecular flexibility index (Phi) is 5.20. The molecule has 2 aromatic heterocycles. The average Bonchev–Trinajstić information content (AvgIpc) is 3.62. The number of rotatable bonds is 3. The maximum Gasteiger partial charge on any atom is 0.134 e. The molecule has 0 saturated heterocycles. The number of nitrogens with zero attached hydrogens (tertiary/aromatic N) is 6. The van der Waals surface area contributed by atoms with Crippen molar-refractivity contribution in [3.63, 3.8) is 0 Å². The van der Waals surface area contributed by atoms with Gasteiger partial charge in [-0.2, -0.15) is 0 Å². The average molecular weight is 565 g/mol. The van der Waals surface area contributed by atoms with Gasteiger partial charge in [0.15, 0.2) is 0 Å². The molecule has 10 heteroatoms. The molecule has 0 atom stereocenters. The lowest BCUT2D eigenvalue weighted by Crippen LogP contribution is -2.10. The minimum absolute atomic E-state index is 0.331. The second kappa shape index (κ2) is 8.94. The molecule has 8 nitrogen and oxygen atoms in total. The number of fused-ring (bicyclic) bond motifs is 6. The monoisotopic (exact) mass is 564 g/mol. The van der Waals surface area contributed by atoms with Gasteiger partial charge in [-0.15, -0.1) is 10.2 Å². The molecule has 0 saturated carbocycles. The van der Waals surface area contributed by atoms with Gasteiger partial charge in [-0.05, 0) is 48.5 Å². The van der Waals surface area contributed by atoms with Crippen LogP contribution in [0.3, 0.4) is 0 Å². The highest BCUT2D eigenvalue weighted by molar-refractivity contribution is 6.31. The maximum absolute atomic E-state index is 6.38. The minimum Gasteiger partial charge on any atom is -0.486 e. The standard InChI is InChI=1S/C30H18Cl2N6O2/c31-17-9-11-27-21(13-17)29-23(15-39-27)33-35-37(29)25-7-3-1-5-19(25)20-6-2-4-8-26(20)38-30-22-14-18(32)10-12-28(22)40-16-24(30)34-36-38/h1-14H,15-16H2. The molecule has 0 spiro atoms. The first kappa shape index (κ1) is 23.2. The predicted molar refractivity (Wildman–Crippen MR) is 151 cm³/mol. The van der Waals surface area contributed by atoms with Crippen molar-refractivity contribution in [2.75, 3.05) is 0 Å². The summed E-state index contributed by atoms with van der Waals surface area (Å²) in [4.78, 5) is 0. The summed E-state index contributed by atoms with van der Waals surface area (Å²) in [5.41, 5.74) is 8.51. The van der Waals surface area contributed by atoms with Gasteiger partial charge in [0.2, 0.25) is 0 Å². The third-order valence-electron chi connectivity index (χ3n) is 7.16. The van der Waals surface area contributed by atoms with Crippen molar-refractivity contribution in [1.29, 1.82) is 0 Å². The van der Waals surface area contributed by atoms with Crippen LogP contribution in [0.15, 0.2) is 84.9 Å². The van der Waals surface area contributed by atoms with Crippen LogP contribution in [-0.4, -0.2) is 30.0 Å². The van der Waals surface area contributed by atoms with Crippen molar-refractivity contribution >= 4 is 23.2 Å². The lowest BCUT2D eigenvalue weighted by molar-refractivity contribution is 0.297. The first-order chi connectivity index (χ1) is 19.7. The zero-order chi connectivity index (χ0) is 26.8. The summed E-state index contributed by atoms with van der Waals surface area (Å²) in [5, 5.41) is 19.3. The third-order valence-corrected chi connectivity index (χ3v) is 7.63. The Balaban J connectivity index is 1.33. The van der Waals surface area contributed by atoms with Crippen molar-refractivity contribution in [3.05, 3.63) is 106 Å². The van der Waals surface area contributed by atoms with E-state index in [9.17, 15) is 0 Å². The van der Waals surface area contributed by atoms with E-state index in [2.05, 4.69) is 32.8 Å². The molecule has 8 rings (SSSR count).